The van der Waals surface area contributed by atoms with Crippen molar-refractivity contribution in [2.45, 2.75) is 43.8 Å². The van der Waals surface area contributed by atoms with Crippen molar-refractivity contribution in [3.8, 4) is 0 Å². The minimum absolute atomic E-state index is 0.000741. The fourth-order valence-electron chi connectivity index (χ4n) is 2.73. The van der Waals surface area contributed by atoms with Crippen LogP contribution in [0.15, 0.2) is 17.2 Å². The van der Waals surface area contributed by atoms with Crippen LogP contribution >= 0.6 is 0 Å². The van der Waals surface area contributed by atoms with Crippen molar-refractivity contribution in [1.82, 2.24) is 19.5 Å². The van der Waals surface area contributed by atoms with Crippen LogP contribution < -0.4 is 10.6 Å². The molecule has 0 aromatic carbocycles. The molecule has 0 saturated carbocycles. The Balaban J connectivity index is 2.49. The lowest BCUT2D eigenvalue weighted by molar-refractivity contribution is -0.128. The lowest BCUT2D eigenvalue weighted by atomic mass is 10.1. The molecule has 2 heterocycles. The van der Waals surface area contributed by atoms with Gasteiger partial charge >= 0.3 is 0 Å². The van der Waals surface area contributed by atoms with Crippen molar-refractivity contribution >= 4 is 21.8 Å². The Labute approximate surface area is 135 Å². The van der Waals surface area contributed by atoms with Crippen LogP contribution in [-0.4, -0.2) is 54.3 Å². The van der Waals surface area contributed by atoms with Crippen molar-refractivity contribution in [3.05, 3.63) is 18.0 Å². The van der Waals surface area contributed by atoms with Crippen molar-refractivity contribution < 1.29 is 18.0 Å². The predicted molar refractivity (Wildman–Crippen MR) is 84.4 cm³/mol. The molecule has 1 aliphatic rings. The number of hydrogen-bond acceptors (Lipinski definition) is 4. The van der Waals surface area contributed by atoms with Gasteiger partial charge in [-0.15, -0.1) is 0 Å². The molecule has 1 aromatic rings. The van der Waals surface area contributed by atoms with E-state index < -0.39 is 22.1 Å². The highest BCUT2D eigenvalue weighted by Crippen LogP contribution is 2.26. The zero-order valence-corrected chi connectivity index (χ0v) is 14.6. The van der Waals surface area contributed by atoms with Crippen molar-refractivity contribution in [2.24, 2.45) is 7.05 Å². The van der Waals surface area contributed by atoms with E-state index in [0.717, 1.165) is 0 Å². The number of aryl methyl sites for hydroxylation is 1. The zero-order valence-electron chi connectivity index (χ0n) is 13.8. The lowest BCUT2D eigenvalue weighted by Gasteiger charge is -2.40. The van der Waals surface area contributed by atoms with Gasteiger partial charge in [0.05, 0.1) is 0 Å². The standard InChI is InChI=1S/C14H22N4O4S/c1-8-9(2)18(10(3)13(19)16-8)23(21,22)11-6-12(14(20)15-4)17(5)7-11/h6-10H,1-5H3,(H,15,20)(H,16,19). The summed E-state index contributed by atoms with van der Waals surface area (Å²) < 4.78 is 28.6. The summed E-state index contributed by atoms with van der Waals surface area (Å²) in [6.45, 7) is 5.07. The summed E-state index contributed by atoms with van der Waals surface area (Å²) in [4.78, 5) is 23.8. The lowest BCUT2D eigenvalue weighted by Crippen LogP contribution is -2.64. The molecule has 2 amide bonds. The number of hydrogen-bond donors (Lipinski definition) is 2. The average molecular weight is 342 g/mol. The number of amides is 2. The highest BCUT2D eigenvalue weighted by molar-refractivity contribution is 7.89. The van der Waals surface area contributed by atoms with Crippen LogP contribution in [0.5, 0.6) is 0 Å². The van der Waals surface area contributed by atoms with E-state index in [4.69, 9.17) is 0 Å². The van der Waals surface area contributed by atoms with Crippen LogP contribution in [0, 0.1) is 0 Å². The van der Waals surface area contributed by atoms with Crippen molar-refractivity contribution in [1.29, 1.82) is 0 Å². The van der Waals surface area contributed by atoms with E-state index in [-0.39, 0.29) is 28.4 Å². The SMILES string of the molecule is CNC(=O)c1cc(S(=O)(=O)N2C(C)C(=O)NC(C)C2C)cn1C. The third-order valence-corrected chi connectivity index (χ3v) is 6.29. The molecular formula is C14H22N4O4S. The Morgan fingerprint density at radius 1 is 1.30 bits per heavy atom. The van der Waals surface area contributed by atoms with Crippen molar-refractivity contribution in [3.63, 3.8) is 0 Å². The summed E-state index contributed by atoms with van der Waals surface area (Å²) in [7, 11) is -0.822. The average Bonchev–Trinajstić information content (AvgIpc) is 2.87. The van der Waals surface area contributed by atoms with E-state index >= 15 is 0 Å². The first-order valence-corrected chi connectivity index (χ1v) is 8.77. The molecule has 1 aromatic heterocycles. The molecule has 1 fully saturated rings. The molecule has 9 heteroatoms. The van der Waals surface area contributed by atoms with Gasteiger partial charge in [0.1, 0.15) is 16.6 Å². The molecule has 0 bridgehead atoms. The summed E-state index contributed by atoms with van der Waals surface area (Å²) in [6, 6.07) is -0.174. The first-order valence-electron chi connectivity index (χ1n) is 7.33. The number of rotatable bonds is 3. The van der Waals surface area contributed by atoms with Crippen LogP contribution in [-0.2, 0) is 21.9 Å². The molecule has 3 atom stereocenters. The van der Waals surface area contributed by atoms with Crippen LogP contribution in [0.2, 0.25) is 0 Å². The van der Waals surface area contributed by atoms with Gasteiger partial charge in [0.2, 0.25) is 15.9 Å². The number of nitrogens with one attached hydrogen (secondary N) is 2. The molecule has 3 unspecified atom stereocenters. The monoisotopic (exact) mass is 342 g/mol. The van der Waals surface area contributed by atoms with Crippen LogP contribution in [0.3, 0.4) is 0 Å². The highest BCUT2D eigenvalue weighted by Gasteiger charge is 2.43. The molecule has 0 aliphatic carbocycles. The third-order valence-electron chi connectivity index (χ3n) is 4.27. The number of aromatic nitrogens is 1. The largest absolute Gasteiger partial charge is 0.354 e. The fraction of sp³-hybridized carbons (Fsp3) is 0.571. The van der Waals surface area contributed by atoms with E-state index in [1.807, 2.05) is 0 Å². The van der Waals surface area contributed by atoms with Gasteiger partial charge in [0.25, 0.3) is 5.91 Å². The number of sulfonamides is 1. The van der Waals surface area contributed by atoms with Gasteiger partial charge in [-0.3, -0.25) is 9.59 Å². The second-order valence-corrected chi connectivity index (χ2v) is 7.64. The van der Waals surface area contributed by atoms with Crippen molar-refractivity contribution in [2.75, 3.05) is 7.05 Å². The topological polar surface area (TPSA) is 101 Å². The summed E-state index contributed by atoms with van der Waals surface area (Å²) in [6.07, 6.45) is 1.39. The second kappa shape index (κ2) is 5.97. The summed E-state index contributed by atoms with van der Waals surface area (Å²) in [5.74, 6) is -0.707. The smallest absolute Gasteiger partial charge is 0.267 e. The van der Waals surface area contributed by atoms with E-state index in [9.17, 15) is 18.0 Å². The van der Waals surface area contributed by atoms with Gasteiger partial charge in [-0.2, -0.15) is 4.31 Å². The summed E-state index contributed by atoms with van der Waals surface area (Å²) >= 11 is 0. The Morgan fingerprint density at radius 2 is 1.91 bits per heavy atom. The molecule has 1 aliphatic heterocycles. The zero-order chi connectivity index (χ0) is 17.5. The Hall–Kier alpha value is -1.87. The number of piperazine rings is 1. The number of nitrogens with zero attached hydrogens (tertiary/aromatic N) is 2. The second-order valence-electron chi connectivity index (χ2n) is 5.80. The van der Waals surface area contributed by atoms with Crippen LogP contribution in [0.4, 0.5) is 0 Å². The predicted octanol–water partition coefficient (Wildman–Crippen LogP) is -0.329. The molecule has 0 radical (unpaired) electrons. The van der Waals surface area contributed by atoms with Gasteiger partial charge in [-0.1, -0.05) is 0 Å². The Bertz CT molecular complexity index is 740. The molecule has 0 spiro atoms. The first-order chi connectivity index (χ1) is 10.6. The van der Waals surface area contributed by atoms with E-state index in [0.29, 0.717) is 0 Å². The van der Waals surface area contributed by atoms with Gasteiger partial charge < -0.3 is 15.2 Å². The molecule has 8 nitrogen and oxygen atoms in total. The fourth-order valence-corrected chi connectivity index (χ4v) is 4.66. The first kappa shape index (κ1) is 17.5. The quantitative estimate of drug-likeness (QED) is 0.785. The van der Waals surface area contributed by atoms with E-state index in [2.05, 4.69) is 10.6 Å². The van der Waals surface area contributed by atoms with Gasteiger partial charge in [-0.25, -0.2) is 8.42 Å². The molecule has 2 N–H and O–H groups in total. The summed E-state index contributed by atoms with van der Waals surface area (Å²) in [5.41, 5.74) is 0.237. The molecule has 2 rings (SSSR count). The minimum atomic E-state index is -3.90. The third kappa shape index (κ3) is 2.86. The minimum Gasteiger partial charge on any atom is -0.354 e. The van der Waals surface area contributed by atoms with Crippen LogP contribution in [0.1, 0.15) is 31.3 Å². The Kier molecular flexibility index (Phi) is 4.54. The molecule has 128 valence electrons. The highest BCUT2D eigenvalue weighted by atomic mass is 32.2. The maximum atomic E-state index is 13.0. The number of carbonyl (C=O) groups is 2. The summed E-state index contributed by atoms with van der Waals surface area (Å²) in [5, 5.41) is 5.23. The normalized spacial score (nSPS) is 26.0. The van der Waals surface area contributed by atoms with Gasteiger partial charge in [-0.05, 0) is 26.8 Å². The maximum absolute atomic E-state index is 13.0. The number of carbonyl (C=O) groups excluding carboxylic acids is 2. The van der Waals surface area contributed by atoms with Gasteiger partial charge in [0, 0.05) is 32.4 Å². The Morgan fingerprint density at radius 3 is 2.48 bits per heavy atom. The maximum Gasteiger partial charge on any atom is 0.267 e. The van der Waals surface area contributed by atoms with E-state index in [1.165, 1.54) is 28.2 Å². The van der Waals surface area contributed by atoms with Gasteiger partial charge in [0.15, 0.2) is 0 Å². The molecular weight excluding hydrogens is 320 g/mol. The molecule has 1 saturated heterocycles. The van der Waals surface area contributed by atoms with Crippen LogP contribution in [0.25, 0.3) is 0 Å². The molecule has 23 heavy (non-hydrogen) atoms. The van der Waals surface area contributed by atoms with E-state index in [1.54, 1.807) is 27.8 Å².